The average molecular weight is 363 g/mol. The predicted octanol–water partition coefficient (Wildman–Crippen LogP) is 3.83. The summed E-state index contributed by atoms with van der Waals surface area (Å²) in [4.78, 5) is 28.9. The van der Waals surface area contributed by atoms with Crippen molar-refractivity contribution in [3.8, 4) is 0 Å². The number of rotatable bonds is 4. The van der Waals surface area contributed by atoms with E-state index in [1.165, 1.54) is 19.3 Å². The Morgan fingerprint density at radius 2 is 1.64 bits per heavy atom. The molecule has 0 spiro atoms. The van der Waals surface area contributed by atoms with Crippen molar-refractivity contribution in [2.75, 3.05) is 23.9 Å². The van der Waals surface area contributed by atoms with E-state index in [2.05, 4.69) is 0 Å². The van der Waals surface area contributed by atoms with Crippen LogP contribution >= 0.6 is 11.6 Å². The van der Waals surface area contributed by atoms with Gasteiger partial charge in [-0.15, -0.1) is 11.6 Å². The summed E-state index contributed by atoms with van der Waals surface area (Å²) in [6.45, 7) is 1.47. The number of amides is 2. The van der Waals surface area contributed by atoms with Crippen LogP contribution in [0.5, 0.6) is 0 Å². The van der Waals surface area contributed by atoms with Gasteiger partial charge in [-0.25, -0.2) is 0 Å². The second-order valence-electron chi connectivity index (χ2n) is 7.12. The third-order valence-corrected chi connectivity index (χ3v) is 5.74. The van der Waals surface area contributed by atoms with Crippen LogP contribution in [-0.4, -0.2) is 41.7 Å². The molecule has 5 heteroatoms. The Hall–Kier alpha value is -1.55. The molecule has 1 aromatic rings. The number of likely N-dealkylation sites (tertiary alicyclic amines) is 1. The van der Waals surface area contributed by atoms with Gasteiger partial charge in [0.1, 0.15) is 5.88 Å². The Morgan fingerprint density at radius 1 is 1.00 bits per heavy atom. The van der Waals surface area contributed by atoms with Crippen LogP contribution in [0.3, 0.4) is 0 Å². The second kappa shape index (κ2) is 8.70. The summed E-state index contributed by atoms with van der Waals surface area (Å²) in [6, 6.07) is 9.83. The van der Waals surface area contributed by atoms with Gasteiger partial charge < -0.3 is 9.80 Å². The molecule has 2 amide bonds. The molecular formula is C20H27ClN2O2. The first-order chi connectivity index (χ1) is 12.2. The fourth-order valence-electron chi connectivity index (χ4n) is 4.16. The lowest BCUT2D eigenvalue weighted by Gasteiger charge is -2.39. The van der Waals surface area contributed by atoms with Gasteiger partial charge in [-0.05, 0) is 37.8 Å². The fourth-order valence-corrected chi connectivity index (χ4v) is 4.29. The average Bonchev–Trinajstić information content (AvgIpc) is 2.69. The van der Waals surface area contributed by atoms with Crippen LogP contribution in [0.2, 0.25) is 0 Å². The number of benzene rings is 1. The molecule has 1 aliphatic carbocycles. The summed E-state index contributed by atoms with van der Waals surface area (Å²) in [5.41, 5.74) is 0.894. The van der Waals surface area contributed by atoms with Crippen molar-refractivity contribution in [2.45, 2.75) is 51.0 Å². The standard InChI is InChI=1S/C20H27ClN2O2/c21-15-19(24)23(17-9-5-2-6-10-17)18-11-13-22(14-12-18)20(25)16-7-3-1-4-8-16/h2,5-6,9-10,16,18H,1,3-4,7-8,11-15H2. The van der Waals surface area contributed by atoms with Gasteiger partial charge >= 0.3 is 0 Å². The Kier molecular flexibility index (Phi) is 6.35. The number of para-hydroxylation sites is 1. The van der Waals surface area contributed by atoms with Crippen molar-refractivity contribution >= 4 is 29.1 Å². The molecule has 25 heavy (non-hydrogen) atoms. The van der Waals surface area contributed by atoms with Crippen molar-refractivity contribution in [1.29, 1.82) is 0 Å². The minimum absolute atomic E-state index is 0.0177. The van der Waals surface area contributed by atoms with E-state index in [1.54, 1.807) is 0 Å². The second-order valence-corrected chi connectivity index (χ2v) is 7.39. The number of anilines is 1. The topological polar surface area (TPSA) is 40.6 Å². The first-order valence-corrected chi connectivity index (χ1v) is 9.96. The van der Waals surface area contributed by atoms with Crippen LogP contribution in [-0.2, 0) is 9.59 Å². The highest BCUT2D eigenvalue weighted by molar-refractivity contribution is 6.29. The number of piperidine rings is 1. The molecule has 0 radical (unpaired) electrons. The zero-order valence-corrected chi connectivity index (χ0v) is 15.5. The smallest absolute Gasteiger partial charge is 0.242 e. The molecule has 3 rings (SSSR count). The first-order valence-electron chi connectivity index (χ1n) is 9.42. The van der Waals surface area contributed by atoms with Gasteiger partial charge in [0.25, 0.3) is 0 Å². The normalized spacial score (nSPS) is 19.6. The van der Waals surface area contributed by atoms with Crippen LogP contribution in [0.1, 0.15) is 44.9 Å². The van der Waals surface area contributed by atoms with Crippen LogP contribution in [0.4, 0.5) is 5.69 Å². The number of carbonyl (C=O) groups excluding carboxylic acids is 2. The van der Waals surface area contributed by atoms with Gasteiger partial charge in [0, 0.05) is 30.7 Å². The number of alkyl halides is 1. The van der Waals surface area contributed by atoms with Crippen molar-refractivity contribution in [2.24, 2.45) is 5.92 Å². The number of carbonyl (C=O) groups is 2. The Bertz CT molecular complexity index is 579. The molecule has 0 bridgehead atoms. The molecule has 4 nitrogen and oxygen atoms in total. The maximum absolute atomic E-state index is 12.7. The minimum Gasteiger partial charge on any atom is -0.342 e. The number of hydrogen-bond donors (Lipinski definition) is 0. The Labute approximate surface area is 155 Å². The highest BCUT2D eigenvalue weighted by Gasteiger charge is 2.32. The van der Waals surface area contributed by atoms with Crippen LogP contribution < -0.4 is 4.90 Å². The van der Waals surface area contributed by atoms with E-state index in [-0.39, 0.29) is 23.7 Å². The van der Waals surface area contributed by atoms with Crippen LogP contribution in [0.15, 0.2) is 30.3 Å². The largest absolute Gasteiger partial charge is 0.342 e. The lowest BCUT2D eigenvalue weighted by Crippen LogP contribution is -2.50. The monoisotopic (exact) mass is 362 g/mol. The number of hydrogen-bond acceptors (Lipinski definition) is 2. The quantitative estimate of drug-likeness (QED) is 0.764. The maximum Gasteiger partial charge on any atom is 0.242 e. The lowest BCUT2D eigenvalue weighted by atomic mass is 9.87. The minimum atomic E-state index is -0.0649. The van der Waals surface area contributed by atoms with Crippen molar-refractivity contribution < 1.29 is 9.59 Å². The van der Waals surface area contributed by atoms with Crippen molar-refractivity contribution in [3.05, 3.63) is 30.3 Å². The van der Waals surface area contributed by atoms with Crippen LogP contribution in [0.25, 0.3) is 0 Å². The molecule has 0 N–H and O–H groups in total. The van der Waals surface area contributed by atoms with Gasteiger partial charge in [0.15, 0.2) is 0 Å². The summed E-state index contributed by atoms with van der Waals surface area (Å²) in [5, 5.41) is 0. The molecule has 1 aliphatic heterocycles. The highest BCUT2D eigenvalue weighted by Crippen LogP contribution is 2.28. The molecular weight excluding hydrogens is 336 g/mol. The molecule has 1 saturated carbocycles. The zero-order valence-electron chi connectivity index (χ0n) is 14.7. The summed E-state index contributed by atoms with van der Waals surface area (Å²) in [5.74, 6) is 0.467. The summed E-state index contributed by atoms with van der Waals surface area (Å²) in [7, 11) is 0. The predicted molar refractivity (Wildman–Crippen MR) is 101 cm³/mol. The SMILES string of the molecule is O=C(C1CCCCC1)N1CCC(N(C(=O)CCl)c2ccccc2)CC1. The highest BCUT2D eigenvalue weighted by atomic mass is 35.5. The third kappa shape index (κ3) is 4.35. The van der Waals surface area contributed by atoms with E-state index in [0.717, 1.165) is 44.5 Å². The van der Waals surface area contributed by atoms with E-state index in [1.807, 2.05) is 40.1 Å². The Morgan fingerprint density at radius 3 is 2.24 bits per heavy atom. The molecule has 2 aliphatic rings. The molecule has 1 saturated heterocycles. The summed E-state index contributed by atoms with van der Waals surface area (Å²) < 4.78 is 0. The first kappa shape index (κ1) is 18.2. The van der Waals surface area contributed by atoms with Crippen LogP contribution in [0, 0.1) is 5.92 Å². The van der Waals surface area contributed by atoms with E-state index < -0.39 is 0 Å². The summed E-state index contributed by atoms with van der Waals surface area (Å²) in [6.07, 6.45) is 7.33. The fraction of sp³-hybridized carbons (Fsp3) is 0.600. The lowest BCUT2D eigenvalue weighted by molar-refractivity contribution is -0.137. The van der Waals surface area contributed by atoms with Gasteiger partial charge in [0.2, 0.25) is 11.8 Å². The van der Waals surface area contributed by atoms with E-state index in [4.69, 9.17) is 11.6 Å². The summed E-state index contributed by atoms with van der Waals surface area (Å²) >= 11 is 5.84. The zero-order chi connectivity index (χ0) is 17.6. The number of halogens is 1. The van der Waals surface area contributed by atoms with E-state index in [9.17, 15) is 9.59 Å². The van der Waals surface area contributed by atoms with Crippen molar-refractivity contribution in [1.82, 2.24) is 4.90 Å². The van der Waals surface area contributed by atoms with Crippen molar-refractivity contribution in [3.63, 3.8) is 0 Å². The molecule has 2 fully saturated rings. The number of nitrogens with zero attached hydrogens (tertiary/aromatic N) is 2. The van der Waals surface area contributed by atoms with Gasteiger partial charge in [-0.2, -0.15) is 0 Å². The molecule has 0 atom stereocenters. The Balaban J connectivity index is 1.63. The van der Waals surface area contributed by atoms with E-state index in [0.29, 0.717) is 5.91 Å². The van der Waals surface area contributed by atoms with Gasteiger partial charge in [0.05, 0.1) is 0 Å². The van der Waals surface area contributed by atoms with Gasteiger partial charge in [-0.3, -0.25) is 9.59 Å². The molecule has 1 heterocycles. The molecule has 136 valence electrons. The maximum atomic E-state index is 12.7. The van der Waals surface area contributed by atoms with Gasteiger partial charge in [-0.1, -0.05) is 37.5 Å². The van der Waals surface area contributed by atoms with E-state index >= 15 is 0 Å². The molecule has 1 aromatic carbocycles. The third-order valence-electron chi connectivity index (χ3n) is 5.51. The molecule has 0 aromatic heterocycles. The molecule has 0 unspecified atom stereocenters.